The number of urea groups is 1. The second-order valence-corrected chi connectivity index (χ2v) is 6.98. The lowest BCUT2D eigenvalue weighted by Crippen LogP contribution is -2.40. The van der Waals surface area contributed by atoms with E-state index in [1.54, 1.807) is 6.20 Å². The Bertz CT molecular complexity index is 832. The molecule has 0 bridgehead atoms. The number of carbonyl (C=O) groups is 1. The molecule has 2 N–H and O–H groups in total. The van der Waals surface area contributed by atoms with Crippen molar-refractivity contribution in [3.05, 3.63) is 47.4 Å². The van der Waals surface area contributed by atoms with Crippen molar-refractivity contribution in [3.63, 3.8) is 0 Å². The quantitative estimate of drug-likeness (QED) is 0.870. The molecule has 1 aromatic carbocycles. The van der Waals surface area contributed by atoms with E-state index in [1.807, 2.05) is 26.0 Å². The number of nitriles is 1. The first-order valence-electron chi connectivity index (χ1n) is 9.14. The first-order valence-corrected chi connectivity index (χ1v) is 9.14. The van der Waals surface area contributed by atoms with Gasteiger partial charge in [-0.15, -0.1) is 0 Å². The molecule has 0 aliphatic carbocycles. The van der Waals surface area contributed by atoms with Crippen molar-refractivity contribution in [2.24, 2.45) is 5.92 Å². The van der Waals surface area contributed by atoms with E-state index in [4.69, 9.17) is 5.26 Å². The van der Waals surface area contributed by atoms with E-state index in [9.17, 15) is 4.79 Å². The third-order valence-corrected chi connectivity index (χ3v) is 4.73. The second-order valence-electron chi connectivity index (χ2n) is 6.98. The third kappa shape index (κ3) is 4.94. The number of carbonyl (C=O) groups excluding carboxylic acids is 1. The van der Waals surface area contributed by atoms with E-state index in [2.05, 4.69) is 37.6 Å². The summed E-state index contributed by atoms with van der Waals surface area (Å²) in [5, 5.41) is 15.0. The summed E-state index contributed by atoms with van der Waals surface area (Å²) >= 11 is 0. The van der Waals surface area contributed by atoms with Crippen molar-refractivity contribution in [1.29, 1.82) is 5.26 Å². The van der Waals surface area contributed by atoms with Gasteiger partial charge < -0.3 is 15.5 Å². The van der Waals surface area contributed by atoms with Gasteiger partial charge >= 0.3 is 6.03 Å². The maximum absolute atomic E-state index is 12.2. The number of amides is 2. The lowest BCUT2D eigenvalue weighted by molar-refractivity contribution is 0.248. The molecule has 140 valence electrons. The van der Waals surface area contributed by atoms with Crippen LogP contribution in [0.3, 0.4) is 0 Å². The number of hydrogen-bond acceptors (Lipinski definition) is 5. The number of nitrogens with one attached hydrogen (secondary N) is 2. The summed E-state index contributed by atoms with van der Waals surface area (Å²) in [7, 11) is 0. The molecule has 0 saturated carbocycles. The highest BCUT2D eigenvalue weighted by Gasteiger charge is 2.22. The highest BCUT2D eigenvalue weighted by Crippen LogP contribution is 2.23. The minimum absolute atomic E-state index is 0.178. The van der Waals surface area contributed by atoms with Gasteiger partial charge in [0.2, 0.25) is 0 Å². The van der Waals surface area contributed by atoms with Crippen molar-refractivity contribution in [2.75, 3.05) is 29.9 Å². The van der Waals surface area contributed by atoms with Gasteiger partial charge in [0.05, 0.1) is 0 Å². The molecule has 27 heavy (non-hydrogen) atoms. The monoisotopic (exact) mass is 364 g/mol. The summed E-state index contributed by atoms with van der Waals surface area (Å²) in [6.07, 6.45) is 5.02. The van der Waals surface area contributed by atoms with Crippen LogP contribution >= 0.6 is 0 Å². The van der Waals surface area contributed by atoms with Gasteiger partial charge in [-0.05, 0) is 55.9 Å². The molecule has 1 aliphatic rings. The van der Waals surface area contributed by atoms with Crippen molar-refractivity contribution >= 4 is 17.5 Å². The van der Waals surface area contributed by atoms with Gasteiger partial charge in [-0.25, -0.2) is 14.8 Å². The van der Waals surface area contributed by atoms with E-state index < -0.39 is 0 Å². The van der Waals surface area contributed by atoms with Crippen LogP contribution in [-0.4, -0.2) is 35.6 Å². The molecular formula is C20H24N6O. The first-order chi connectivity index (χ1) is 13.0. The zero-order valence-corrected chi connectivity index (χ0v) is 15.7. The average Bonchev–Trinajstić information content (AvgIpc) is 2.66. The molecule has 2 amide bonds. The summed E-state index contributed by atoms with van der Waals surface area (Å²) in [4.78, 5) is 22.6. The maximum Gasteiger partial charge on any atom is 0.319 e. The summed E-state index contributed by atoms with van der Waals surface area (Å²) in [6, 6.07) is 7.91. The Labute approximate surface area is 159 Å². The van der Waals surface area contributed by atoms with Gasteiger partial charge in [0.1, 0.15) is 6.07 Å². The molecule has 2 heterocycles. The van der Waals surface area contributed by atoms with Crippen LogP contribution in [0.25, 0.3) is 0 Å². The van der Waals surface area contributed by atoms with Crippen LogP contribution in [0.4, 0.5) is 16.3 Å². The lowest BCUT2D eigenvalue weighted by atomic mass is 9.97. The highest BCUT2D eigenvalue weighted by atomic mass is 16.2. The Hall–Kier alpha value is -3.14. The Kier molecular flexibility index (Phi) is 5.87. The van der Waals surface area contributed by atoms with Gasteiger partial charge in [-0.3, -0.25) is 0 Å². The molecule has 1 aliphatic heterocycles. The number of benzene rings is 1. The van der Waals surface area contributed by atoms with Gasteiger partial charge in [0, 0.05) is 37.7 Å². The van der Waals surface area contributed by atoms with E-state index >= 15 is 0 Å². The average molecular weight is 364 g/mol. The van der Waals surface area contributed by atoms with Crippen molar-refractivity contribution in [3.8, 4) is 6.07 Å². The fourth-order valence-electron chi connectivity index (χ4n) is 3.45. The number of aryl methyl sites for hydroxylation is 2. The zero-order valence-electron chi connectivity index (χ0n) is 15.7. The van der Waals surface area contributed by atoms with Crippen LogP contribution in [-0.2, 0) is 0 Å². The number of nitrogens with zero attached hydrogens (tertiary/aromatic N) is 4. The minimum Gasteiger partial charge on any atom is -0.354 e. The van der Waals surface area contributed by atoms with Gasteiger partial charge in [-0.2, -0.15) is 5.26 Å². The molecule has 7 heteroatoms. The molecule has 2 aromatic rings. The fraction of sp³-hybridized carbons (Fsp3) is 0.400. The molecule has 7 nitrogen and oxygen atoms in total. The summed E-state index contributed by atoms with van der Waals surface area (Å²) in [5.74, 6) is 1.06. The van der Waals surface area contributed by atoms with E-state index in [0.29, 0.717) is 24.0 Å². The van der Waals surface area contributed by atoms with Crippen molar-refractivity contribution in [1.82, 2.24) is 15.3 Å². The molecule has 1 fully saturated rings. The predicted octanol–water partition coefficient (Wildman–Crippen LogP) is 3.00. The molecule has 0 unspecified atom stereocenters. The maximum atomic E-state index is 12.2. The van der Waals surface area contributed by atoms with E-state index in [1.165, 1.54) is 6.20 Å². The predicted molar refractivity (Wildman–Crippen MR) is 105 cm³/mol. The smallest absolute Gasteiger partial charge is 0.319 e. The van der Waals surface area contributed by atoms with Crippen LogP contribution in [0.15, 0.2) is 30.6 Å². The summed E-state index contributed by atoms with van der Waals surface area (Å²) in [5.41, 5.74) is 3.42. The molecule has 3 rings (SSSR count). The van der Waals surface area contributed by atoms with Crippen molar-refractivity contribution in [2.45, 2.75) is 26.7 Å². The Morgan fingerprint density at radius 1 is 1.19 bits per heavy atom. The van der Waals surface area contributed by atoms with Crippen molar-refractivity contribution < 1.29 is 4.79 Å². The molecular weight excluding hydrogens is 340 g/mol. The molecule has 1 saturated heterocycles. The number of hydrogen-bond donors (Lipinski definition) is 2. The highest BCUT2D eigenvalue weighted by molar-refractivity contribution is 5.89. The topological polar surface area (TPSA) is 93.9 Å². The first kappa shape index (κ1) is 18.6. The Morgan fingerprint density at radius 2 is 1.85 bits per heavy atom. The normalized spacial score (nSPS) is 14.5. The number of rotatable bonds is 4. The second kappa shape index (κ2) is 8.49. The molecule has 0 radical (unpaired) electrons. The van der Waals surface area contributed by atoms with Crippen LogP contribution in [0.5, 0.6) is 0 Å². The minimum atomic E-state index is -0.178. The standard InChI is InChI=1S/C20H24N6O/c1-14-9-15(2)11-17(10-14)25-20(27)24-13-16-3-7-26(8-4-16)19-18(12-21)22-5-6-23-19/h5-6,9-11,16H,3-4,7-8,13H2,1-2H3,(H2,24,25,27). The molecule has 0 atom stereocenters. The largest absolute Gasteiger partial charge is 0.354 e. The van der Waals surface area contributed by atoms with Gasteiger partial charge in [0.15, 0.2) is 11.5 Å². The third-order valence-electron chi connectivity index (χ3n) is 4.73. The van der Waals surface area contributed by atoms with Crippen LogP contribution < -0.4 is 15.5 Å². The van der Waals surface area contributed by atoms with Crippen LogP contribution in [0, 0.1) is 31.1 Å². The number of aromatic nitrogens is 2. The fourth-order valence-corrected chi connectivity index (χ4v) is 3.45. The summed E-state index contributed by atoms with van der Waals surface area (Å²) < 4.78 is 0. The Morgan fingerprint density at radius 3 is 2.52 bits per heavy atom. The number of anilines is 2. The zero-order chi connectivity index (χ0) is 19.2. The van der Waals surface area contributed by atoms with E-state index in [-0.39, 0.29) is 6.03 Å². The van der Waals surface area contributed by atoms with E-state index in [0.717, 1.165) is 42.7 Å². The van der Waals surface area contributed by atoms with Gasteiger partial charge in [0.25, 0.3) is 0 Å². The summed E-state index contributed by atoms with van der Waals surface area (Å²) in [6.45, 7) is 6.27. The lowest BCUT2D eigenvalue weighted by Gasteiger charge is -2.32. The van der Waals surface area contributed by atoms with Gasteiger partial charge in [-0.1, -0.05) is 6.07 Å². The SMILES string of the molecule is Cc1cc(C)cc(NC(=O)NCC2CCN(c3nccnc3C#N)CC2)c1. The number of piperidine rings is 1. The van der Waals surface area contributed by atoms with Crippen LogP contribution in [0.1, 0.15) is 29.7 Å². The Balaban J connectivity index is 1.47. The molecule has 1 aromatic heterocycles. The van der Waals surface area contributed by atoms with Crippen LogP contribution in [0.2, 0.25) is 0 Å². The molecule has 0 spiro atoms.